The molecule has 90 valence electrons. The third-order valence-electron chi connectivity index (χ3n) is 3.39. The van der Waals surface area contributed by atoms with Crippen LogP contribution in [0.15, 0.2) is 0 Å². The van der Waals surface area contributed by atoms with E-state index in [4.69, 9.17) is 0 Å². The molecule has 4 nitrogen and oxygen atoms in total. The van der Waals surface area contributed by atoms with Crippen LogP contribution in [0.4, 0.5) is 4.79 Å². The molecular formula is C11H18N2O2S. The van der Waals surface area contributed by atoms with Gasteiger partial charge in [0.1, 0.15) is 5.78 Å². The van der Waals surface area contributed by atoms with Crippen LogP contribution in [0.2, 0.25) is 0 Å². The van der Waals surface area contributed by atoms with Gasteiger partial charge in [0.2, 0.25) is 0 Å². The van der Waals surface area contributed by atoms with Crippen molar-refractivity contribution in [1.82, 2.24) is 10.6 Å². The number of thioether (sulfide) groups is 1. The Morgan fingerprint density at radius 2 is 2.31 bits per heavy atom. The number of Topliss-reactive ketones (excluding diaryl/α,β-unsaturated/α-hetero) is 1. The lowest BCUT2D eigenvalue weighted by molar-refractivity contribution is -0.121. The molecule has 2 rings (SSSR count). The van der Waals surface area contributed by atoms with Crippen LogP contribution >= 0.6 is 11.8 Å². The third-order valence-corrected chi connectivity index (χ3v) is 4.95. The summed E-state index contributed by atoms with van der Waals surface area (Å²) in [4.78, 5) is 22.9. The second kappa shape index (κ2) is 4.65. The Labute approximate surface area is 99.9 Å². The summed E-state index contributed by atoms with van der Waals surface area (Å²) in [6, 6.07) is 0.262. The smallest absolute Gasteiger partial charge is 0.315 e. The maximum absolute atomic E-state index is 11.6. The highest BCUT2D eigenvalue weighted by Gasteiger charge is 2.46. The highest BCUT2D eigenvalue weighted by molar-refractivity contribution is 8.00. The molecule has 2 saturated heterocycles. The summed E-state index contributed by atoms with van der Waals surface area (Å²) >= 11 is 1.81. The van der Waals surface area contributed by atoms with Gasteiger partial charge >= 0.3 is 6.03 Å². The Kier molecular flexibility index (Phi) is 3.42. The molecular weight excluding hydrogens is 224 g/mol. The monoisotopic (exact) mass is 242 g/mol. The standard InChI is InChI=1S/C11H18N2O2S/c1-3-4-7(6(2)14)10-9-8(5-16-10)12-11(15)13-9/h7-10H,3-5H2,1-2H3,(H2,12,13,15)/t7?,8-,9-,10-/m0/s1. The Morgan fingerprint density at radius 3 is 2.94 bits per heavy atom. The first-order valence-electron chi connectivity index (χ1n) is 5.82. The van der Waals surface area contributed by atoms with E-state index in [1.165, 1.54) is 0 Å². The molecule has 2 aliphatic heterocycles. The largest absolute Gasteiger partial charge is 0.332 e. The number of rotatable bonds is 4. The summed E-state index contributed by atoms with van der Waals surface area (Å²) in [5, 5.41) is 6.09. The lowest BCUT2D eigenvalue weighted by Gasteiger charge is -2.24. The van der Waals surface area contributed by atoms with E-state index in [1.807, 2.05) is 11.8 Å². The van der Waals surface area contributed by atoms with Crippen LogP contribution in [0, 0.1) is 5.92 Å². The summed E-state index contributed by atoms with van der Waals surface area (Å²) in [6.45, 7) is 3.76. The Balaban J connectivity index is 2.08. The van der Waals surface area contributed by atoms with Crippen molar-refractivity contribution in [3.63, 3.8) is 0 Å². The summed E-state index contributed by atoms with van der Waals surface area (Å²) in [6.07, 6.45) is 1.94. The topological polar surface area (TPSA) is 58.2 Å². The molecule has 2 N–H and O–H groups in total. The van der Waals surface area contributed by atoms with Gasteiger partial charge in [0, 0.05) is 16.9 Å². The van der Waals surface area contributed by atoms with Gasteiger partial charge in [0.25, 0.3) is 0 Å². The van der Waals surface area contributed by atoms with Gasteiger partial charge < -0.3 is 10.6 Å². The number of urea groups is 1. The van der Waals surface area contributed by atoms with Crippen molar-refractivity contribution in [1.29, 1.82) is 0 Å². The van der Waals surface area contributed by atoms with E-state index >= 15 is 0 Å². The number of carbonyl (C=O) groups is 2. The molecule has 5 heteroatoms. The number of fused-ring (bicyclic) bond motifs is 1. The molecule has 2 amide bonds. The number of nitrogens with one attached hydrogen (secondary N) is 2. The number of amides is 2. The fourth-order valence-electron chi connectivity index (χ4n) is 2.60. The second-order valence-electron chi connectivity index (χ2n) is 4.55. The first-order chi connectivity index (χ1) is 7.63. The van der Waals surface area contributed by atoms with Crippen molar-refractivity contribution < 1.29 is 9.59 Å². The molecule has 16 heavy (non-hydrogen) atoms. The van der Waals surface area contributed by atoms with Crippen molar-refractivity contribution in [2.24, 2.45) is 5.92 Å². The zero-order chi connectivity index (χ0) is 11.7. The van der Waals surface area contributed by atoms with Gasteiger partial charge in [-0.1, -0.05) is 13.3 Å². The highest BCUT2D eigenvalue weighted by Crippen LogP contribution is 2.36. The zero-order valence-corrected chi connectivity index (χ0v) is 10.5. The molecule has 1 unspecified atom stereocenters. The third kappa shape index (κ3) is 2.05. The summed E-state index contributed by atoms with van der Waals surface area (Å²) in [7, 11) is 0. The zero-order valence-electron chi connectivity index (χ0n) is 9.66. The van der Waals surface area contributed by atoms with Crippen LogP contribution in [0.25, 0.3) is 0 Å². The molecule has 0 aromatic heterocycles. The molecule has 4 atom stereocenters. The minimum absolute atomic E-state index is 0.0842. The minimum atomic E-state index is -0.0842. The van der Waals surface area contributed by atoms with Gasteiger partial charge in [0.15, 0.2) is 0 Å². The van der Waals surface area contributed by atoms with Crippen LogP contribution in [-0.4, -0.2) is 34.9 Å². The van der Waals surface area contributed by atoms with Crippen molar-refractivity contribution in [2.75, 3.05) is 5.75 Å². The van der Waals surface area contributed by atoms with Crippen molar-refractivity contribution in [3.8, 4) is 0 Å². The van der Waals surface area contributed by atoms with Gasteiger partial charge in [0.05, 0.1) is 12.1 Å². The maximum atomic E-state index is 11.6. The summed E-state index contributed by atoms with van der Waals surface area (Å²) in [5.41, 5.74) is 0. The highest BCUT2D eigenvalue weighted by atomic mass is 32.2. The molecule has 0 saturated carbocycles. The lowest BCUT2D eigenvalue weighted by Crippen LogP contribution is -2.42. The van der Waals surface area contributed by atoms with Gasteiger partial charge in [-0.2, -0.15) is 11.8 Å². The normalized spacial score (nSPS) is 34.1. The molecule has 2 aliphatic rings. The molecule has 0 aliphatic carbocycles. The quantitative estimate of drug-likeness (QED) is 0.727. The van der Waals surface area contributed by atoms with Gasteiger partial charge in [-0.15, -0.1) is 0 Å². The SMILES string of the molecule is CCCC(C(C)=O)[C@@H]1SC[C@@H]2NC(=O)N[C@@H]21. The summed E-state index contributed by atoms with van der Waals surface area (Å²) in [5.74, 6) is 1.26. The average molecular weight is 242 g/mol. The van der Waals surface area contributed by atoms with Crippen LogP contribution in [0.5, 0.6) is 0 Å². The first kappa shape index (κ1) is 11.8. The van der Waals surface area contributed by atoms with Crippen LogP contribution in [-0.2, 0) is 4.79 Å². The molecule has 2 heterocycles. The molecule has 2 fully saturated rings. The van der Waals surface area contributed by atoms with E-state index in [0.29, 0.717) is 0 Å². The van der Waals surface area contributed by atoms with Crippen molar-refractivity contribution >= 4 is 23.6 Å². The Hall–Kier alpha value is -0.710. The van der Waals surface area contributed by atoms with Crippen LogP contribution in [0.1, 0.15) is 26.7 Å². The number of ketones is 1. The fraction of sp³-hybridized carbons (Fsp3) is 0.818. The predicted octanol–water partition coefficient (Wildman–Crippen LogP) is 1.16. The number of hydrogen-bond donors (Lipinski definition) is 2. The van der Waals surface area contributed by atoms with Crippen LogP contribution < -0.4 is 10.6 Å². The van der Waals surface area contributed by atoms with E-state index in [9.17, 15) is 9.59 Å². The lowest BCUT2D eigenvalue weighted by atomic mass is 9.90. The molecule has 0 bridgehead atoms. The van der Waals surface area contributed by atoms with Crippen molar-refractivity contribution in [2.45, 2.75) is 44.0 Å². The van der Waals surface area contributed by atoms with Gasteiger partial charge in [-0.05, 0) is 13.3 Å². The molecule has 0 spiro atoms. The molecule has 0 aromatic carbocycles. The van der Waals surface area contributed by atoms with Gasteiger partial charge in [-0.25, -0.2) is 4.79 Å². The summed E-state index contributed by atoms with van der Waals surface area (Å²) < 4.78 is 0. The van der Waals surface area contributed by atoms with E-state index in [-0.39, 0.29) is 35.1 Å². The van der Waals surface area contributed by atoms with Crippen molar-refractivity contribution in [3.05, 3.63) is 0 Å². The van der Waals surface area contributed by atoms with Gasteiger partial charge in [-0.3, -0.25) is 4.79 Å². The first-order valence-corrected chi connectivity index (χ1v) is 6.87. The maximum Gasteiger partial charge on any atom is 0.315 e. The average Bonchev–Trinajstić information content (AvgIpc) is 2.73. The van der Waals surface area contributed by atoms with E-state index in [0.717, 1.165) is 18.6 Å². The van der Waals surface area contributed by atoms with Crippen LogP contribution in [0.3, 0.4) is 0 Å². The molecule has 0 radical (unpaired) electrons. The number of hydrogen-bond acceptors (Lipinski definition) is 3. The fourth-order valence-corrected chi connectivity index (χ4v) is 4.35. The minimum Gasteiger partial charge on any atom is -0.332 e. The van der Waals surface area contributed by atoms with E-state index in [1.54, 1.807) is 6.92 Å². The van der Waals surface area contributed by atoms with E-state index in [2.05, 4.69) is 17.6 Å². The molecule has 0 aromatic rings. The Bertz CT molecular complexity index is 308. The number of carbonyl (C=O) groups excluding carboxylic acids is 2. The van der Waals surface area contributed by atoms with E-state index < -0.39 is 0 Å². The second-order valence-corrected chi connectivity index (χ2v) is 5.76. The Morgan fingerprint density at radius 1 is 1.56 bits per heavy atom. The predicted molar refractivity (Wildman–Crippen MR) is 64.6 cm³/mol.